The summed E-state index contributed by atoms with van der Waals surface area (Å²) in [4.78, 5) is 4.58. The van der Waals surface area contributed by atoms with Gasteiger partial charge in [-0.05, 0) is 54.8 Å². The molecule has 2 saturated heterocycles. The van der Waals surface area contributed by atoms with Gasteiger partial charge in [0.2, 0.25) is 7.44 Å². The number of allylic oxidation sites excluding steroid dienone is 3. The van der Waals surface area contributed by atoms with Gasteiger partial charge in [-0.15, -0.1) is 0 Å². The van der Waals surface area contributed by atoms with Gasteiger partial charge in [-0.2, -0.15) is 0 Å². The van der Waals surface area contributed by atoms with Gasteiger partial charge >= 0.3 is 0 Å². The summed E-state index contributed by atoms with van der Waals surface area (Å²) in [5.41, 5.74) is 2.82. The molecule has 0 aromatic carbocycles. The van der Waals surface area contributed by atoms with E-state index in [4.69, 9.17) is 17.3 Å². The Bertz CT molecular complexity index is 666. The van der Waals surface area contributed by atoms with Gasteiger partial charge in [-0.1, -0.05) is 23.3 Å². The van der Waals surface area contributed by atoms with Crippen molar-refractivity contribution < 1.29 is 14.0 Å². The molecule has 9 heteroatoms. The largest absolute Gasteiger partial charge is 0.380 e. The zero-order valence-electron chi connectivity index (χ0n) is 21.1. The van der Waals surface area contributed by atoms with Crippen molar-refractivity contribution in [2.24, 2.45) is 0 Å². The minimum absolute atomic E-state index is 0.0806. The third kappa shape index (κ3) is 9.05. The van der Waals surface area contributed by atoms with Crippen molar-refractivity contribution in [2.75, 3.05) is 79.9 Å². The van der Waals surface area contributed by atoms with Crippen molar-refractivity contribution in [1.29, 1.82) is 0 Å². The van der Waals surface area contributed by atoms with Crippen molar-refractivity contribution >= 4 is 15.3 Å². The normalized spacial score (nSPS) is 26.3. The highest BCUT2D eigenvalue weighted by Crippen LogP contribution is 2.51. The van der Waals surface area contributed by atoms with Crippen molar-refractivity contribution in [3.63, 3.8) is 0 Å². The Hall–Kier alpha value is -0.465. The molecule has 182 valence electrons. The fraction of sp³-hybridized carbons (Fsp3) is 0.826. The number of likely N-dealkylation sites (N-methyl/N-ethyl adjacent to an activating group) is 1. The van der Waals surface area contributed by atoms with Crippen molar-refractivity contribution in [1.82, 2.24) is 19.1 Å². The Morgan fingerprint density at radius 3 is 2.44 bits per heavy atom. The Balaban J connectivity index is 1.79. The standard InChI is InChI=1S/C23H44BN4O3P/c1-20(2)8-7-9-21(3)10-11-27-12-14-28(15-13-27)32(29,25(4)5)19-30-18-22-16-26(6)17-23(24)31-22/h8,10,22-23H,7,9,11-19H2,1-6H3/b21-10+. The number of morpholine rings is 1. The van der Waals surface area contributed by atoms with Gasteiger partial charge in [0, 0.05) is 51.8 Å². The van der Waals surface area contributed by atoms with Crippen molar-refractivity contribution in [3.05, 3.63) is 23.3 Å². The predicted molar refractivity (Wildman–Crippen MR) is 134 cm³/mol. The van der Waals surface area contributed by atoms with Crippen LogP contribution in [0.25, 0.3) is 0 Å². The number of rotatable bonds is 11. The first kappa shape index (κ1) is 27.8. The summed E-state index contributed by atoms with van der Waals surface area (Å²) >= 11 is 0. The molecule has 0 aromatic rings. The van der Waals surface area contributed by atoms with Gasteiger partial charge in [-0.25, -0.2) is 9.34 Å². The molecule has 32 heavy (non-hydrogen) atoms. The van der Waals surface area contributed by atoms with E-state index in [2.05, 4.69) is 47.4 Å². The second kappa shape index (κ2) is 13.4. The maximum Gasteiger partial charge on any atom is 0.241 e. The maximum atomic E-state index is 13.8. The lowest BCUT2D eigenvalue weighted by atomic mass is 9.98. The lowest BCUT2D eigenvalue weighted by molar-refractivity contribution is -0.0748. The smallest absolute Gasteiger partial charge is 0.241 e. The fourth-order valence-corrected chi connectivity index (χ4v) is 6.16. The molecule has 2 radical (unpaired) electrons. The summed E-state index contributed by atoms with van der Waals surface area (Å²) in [7, 11) is 8.97. The van der Waals surface area contributed by atoms with Gasteiger partial charge in [0.05, 0.1) is 12.7 Å². The first-order chi connectivity index (χ1) is 15.1. The summed E-state index contributed by atoms with van der Waals surface area (Å²) in [6.45, 7) is 12.8. The second-order valence-electron chi connectivity index (χ2n) is 9.65. The highest BCUT2D eigenvalue weighted by atomic mass is 31.2. The van der Waals surface area contributed by atoms with E-state index < -0.39 is 7.44 Å². The molecule has 2 aliphatic heterocycles. The molecule has 7 nitrogen and oxygen atoms in total. The molecule has 0 aromatic heterocycles. The van der Waals surface area contributed by atoms with E-state index in [1.54, 1.807) is 0 Å². The van der Waals surface area contributed by atoms with E-state index in [1.165, 1.54) is 11.1 Å². The SMILES string of the molecule is [B]C1CN(C)CC(COCP(=O)(N(C)C)N2CCN(C/C=C(\C)CCC=C(C)C)CC2)O1. The van der Waals surface area contributed by atoms with Crippen LogP contribution in [0.15, 0.2) is 23.3 Å². The molecule has 3 unspecified atom stereocenters. The summed E-state index contributed by atoms with van der Waals surface area (Å²) < 4.78 is 29.4. The fourth-order valence-electron chi connectivity index (χ4n) is 4.12. The van der Waals surface area contributed by atoms with Gasteiger partial charge in [0.1, 0.15) is 14.2 Å². The number of nitrogens with zero attached hydrogens (tertiary/aromatic N) is 4. The monoisotopic (exact) mass is 466 g/mol. The van der Waals surface area contributed by atoms with Gasteiger partial charge in [0.25, 0.3) is 0 Å². The van der Waals surface area contributed by atoms with E-state index in [0.717, 1.165) is 58.7 Å². The molecule has 0 spiro atoms. The van der Waals surface area contributed by atoms with Crippen LogP contribution in [0.3, 0.4) is 0 Å². The van der Waals surface area contributed by atoms with Crippen LogP contribution < -0.4 is 0 Å². The quantitative estimate of drug-likeness (QED) is 0.264. The molecule has 0 N–H and O–H groups in total. The van der Waals surface area contributed by atoms with Crippen LogP contribution in [0.2, 0.25) is 0 Å². The highest BCUT2D eigenvalue weighted by Gasteiger charge is 2.36. The average molecular weight is 466 g/mol. The molecular formula is C23H44BN4O3P. The van der Waals surface area contributed by atoms with E-state index in [-0.39, 0.29) is 18.5 Å². The molecule has 0 bridgehead atoms. The summed E-state index contributed by atoms with van der Waals surface area (Å²) in [6.07, 6.45) is 6.99. The first-order valence-electron chi connectivity index (χ1n) is 11.8. The van der Waals surface area contributed by atoms with Crippen LogP contribution >= 0.6 is 7.44 Å². The van der Waals surface area contributed by atoms with Crippen molar-refractivity contribution in [2.45, 2.75) is 45.7 Å². The molecule has 0 amide bonds. The zero-order valence-corrected chi connectivity index (χ0v) is 22.0. The summed E-state index contributed by atoms with van der Waals surface area (Å²) in [5.74, 6) is 0. The molecule has 2 rings (SSSR count). The Labute approximate surface area is 197 Å². The van der Waals surface area contributed by atoms with Crippen LogP contribution in [0, 0.1) is 0 Å². The third-order valence-corrected chi connectivity index (χ3v) is 9.20. The van der Waals surface area contributed by atoms with Crippen LogP contribution in [0.4, 0.5) is 0 Å². The molecule has 2 heterocycles. The topological polar surface area (TPSA) is 48.5 Å². The van der Waals surface area contributed by atoms with Crippen LogP contribution in [-0.2, 0) is 14.0 Å². The van der Waals surface area contributed by atoms with Crippen LogP contribution in [0.1, 0.15) is 33.6 Å². The molecule has 2 fully saturated rings. The van der Waals surface area contributed by atoms with Crippen LogP contribution in [-0.4, -0.2) is 119 Å². The predicted octanol–water partition coefficient (Wildman–Crippen LogP) is 2.85. The maximum absolute atomic E-state index is 13.8. The molecule has 3 atom stereocenters. The lowest BCUT2D eigenvalue weighted by Crippen LogP contribution is -2.48. The van der Waals surface area contributed by atoms with Gasteiger partial charge in [0.15, 0.2) is 0 Å². The van der Waals surface area contributed by atoms with Crippen LogP contribution in [0.5, 0.6) is 0 Å². The van der Waals surface area contributed by atoms with Crippen molar-refractivity contribution in [3.8, 4) is 0 Å². The Kier molecular flexibility index (Phi) is 11.7. The minimum atomic E-state index is -2.76. The van der Waals surface area contributed by atoms with Gasteiger partial charge in [-0.3, -0.25) is 9.46 Å². The minimum Gasteiger partial charge on any atom is -0.380 e. The van der Waals surface area contributed by atoms with E-state index in [0.29, 0.717) is 6.61 Å². The van der Waals surface area contributed by atoms with E-state index >= 15 is 0 Å². The highest BCUT2D eigenvalue weighted by molar-refractivity contribution is 7.58. The zero-order chi connectivity index (χ0) is 23.7. The first-order valence-corrected chi connectivity index (χ1v) is 13.6. The molecule has 0 saturated carbocycles. The number of ether oxygens (including phenoxy) is 2. The summed E-state index contributed by atoms with van der Waals surface area (Å²) in [6, 6.07) is -0.291. The number of hydrogen-bond acceptors (Lipinski definition) is 5. The third-order valence-electron chi connectivity index (χ3n) is 6.14. The lowest BCUT2D eigenvalue weighted by Gasteiger charge is -2.41. The number of piperazine rings is 1. The molecule has 2 aliphatic rings. The second-order valence-corrected chi connectivity index (χ2v) is 12.6. The Morgan fingerprint density at radius 1 is 1.16 bits per heavy atom. The van der Waals surface area contributed by atoms with E-state index in [1.807, 2.05) is 25.8 Å². The Morgan fingerprint density at radius 2 is 1.84 bits per heavy atom. The molecule has 0 aliphatic carbocycles. The van der Waals surface area contributed by atoms with E-state index in [9.17, 15) is 4.57 Å². The molecular weight excluding hydrogens is 422 g/mol. The van der Waals surface area contributed by atoms with Gasteiger partial charge < -0.3 is 14.4 Å². The summed E-state index contributed by atoms with van der Waals surface area (Å²) in [5, 5.41) is 0. The average Bonchev–Trinajstić information content (AvgIpc) is 2.71. The number of hydrogen-bond donors (Lipinski definition) is 0.